The minimum Gasteiger partial charge on any atom is -0.461 e. The molecule has 6 heteroatoms. The molecule has 4 nitrogen and oxygen atoms in total. The quantitative estimate of drug-likeness (QED) is 0.603. The summed E-state index contributed by atoms with van der Waals surface area (Å²) in [5.41, 5.74) is 0.686. The van der Waals surface area contributed by atoms with E-state index in [0.29, 0.717) is 12.0 Å². The molecule has 82 valence electrons. The number of hydrogen-bond acceptors (Lipinski definition) is 4. The highest BCUT2D eigenvalue weighted by molar-refractivity contribution is 7.99. The van der Waals surface area contributed by atoms with Crippen molar-refractivity contribution < 1.29 is 9.53 Å². The summed E-state index contributed by atoms with van der Waals surface area (Å²) in [7, 11) is 0.741. The average Bonchev–Trinajstić information content (AvgIpc) is 2.78. The van der Waals surface area contributed by atoms with E-state index in [1.807, 2.05) is 4.57 Å². The highest BCUT2D eigenvalue weighted by Gasteiger charge is 2.22. The van der Waals surface area contributed by atoms with Gasteiger partial charge < -0.3 is 9.30 Å². The SMILES string of the molecule is CCCCOC(=O)c1pnc2n1CCS2. The van der Waals surface area contributed by atoms with Crippen molar-refractivity contribution in [2.45, 2.75) is 31.5 Å². The Morgan fingerprint density at radius 2 is 2.60 bits per heavy atom. The van der Waals surface area contributed by atoms with Crippen LogP contribution in [0.25, 0.3) is 0 Å². The predicted molar refractivity (Wildman–Crippen MR) is 60.7 cm³/mol. The van der Waals surface area contributed by atoms with E-state index in [2.05, 4.69) is 11.7 Å². The molecule has 1 aromatic heterocycles. The number of unbranched alkanes of at least 4 members (excludes halogenated alkanes) is 1. The molecule has 0 fully saturated rings. The number of carbonyl (C=O) groups is 1. The van der Waals surface area contributed by atoms with Gasteiger partial charge in [0.2, 0.25) is 0 Å². The van der Waals surface area contributed by atoms with Gasteiger partial charge in [-0.15, -0.1) is 0 Å². The Labute approximate surface area is 94.6 Å². The van der Waals surface area contributed by atoms with Crippen molar-refractivity contribution in [2.75, 3.05) is 12.4 Å². The number of aromatic nitrogens is 2. The Morgan fingerprint density at radius 1 is 1.73 bits per heavy atom. The van der Waals surface area contributed by atoms with E-state index in [0.717, 1.165) is 38.6 Å². The maximum Gasteiger partial charge on any atom is 0.361 e. The zero-order chi connectivity index (χ0) is 10.7. The van der Waals surface area contributed by atoms with E-state index in [1.165, 1.54) is 0 Å². The molecular formula is C9H13N2O2PS. The summed E-state index contributed by atoms with van der Waals surface area (Å²) in [6.45, 7) is 3.48. The fourth-order valence-electron chi connectivity index (χ4n) is 1.35. The molecule has 0 aliphatic carbocycles. The van der Waals surface area contributed by atoms with E-state index in [9.17, 15) is 4.79 Å². The molecule has 1 aromatic rings. The van der Waals surface area contributed by atoms with Gasteiger partial charge in [-0.3, -0.25) is 0 Å². The lowest BCUT2D eigenvalue weighted by molar-refractivity contribution is 0.0493. The number of thioether (sulfide) groups is 1. The van der Waals surface area contributed by atoms with E-state index in [-0.39, 0.29) is 5.97 Å². The molecule has 0 saturated carbocycles. The summed E-state index contributed by atoms with van der Waals surface area (Å²) in [4.78, 5) is 11.7. The van der Waals surface area contributed by atoms with Crippen LogP contribution in [0.5, 0.6) is 0 Å². The first-order valence-electron chi connectivity index (χ1n) is 5.06. The lowest BCUT2D eigenvalue weighted by Gasteiger charge is -2.04. The Morgan fingerprint density at radius 3 is 3.40 bits per heavy atom. The largest absolute Gasteiger partial charge is 0.461 e. The van der Waals surface area contributed by atoms with Gasteiger partial charge in [-0.05, 0) is 6.42 Å². The van der Waals surface area contributed by atoms with Crippen LogP contribution in [0.15, 0.2) is 5.16 Å². The Bertz CT molecular complexity index is 367. The minimum atomic E-state index is -0.202. The standard InChI is InChI=1S/C9H13N2O2PS/c1-2-3-5-13-8(12)7-11-4-6-15-9(11)10-14-7/h2-6H2,1H3. The maximum absolute atomic E-state index is 11.7. The summed E-state index contributed by atoms with van der Waals surface area (Å²) in [5, 5.41) is 0.971. The second-order valence-electron chi connectivity index (χ2n) is 3.30. The van der Waals surface area contributed by atoms with Crippen LogP contribution in [0.1, 0.15) is 30.0 Å². The third kappa shape index (κ3) is 2.34. The average molecular weight is 244 g/mol. The molecule has 0 radical (unpaired) electrons. The number of esters is 1. The molecule has 1 aliphatic heterocycles. The van der Waals surface area contributed by atoms with Gasteiger partial charge in [-0.25, -0.2) is 9.54 Å². The van der Waals surface area contributed by atoms with Gasteiger partial charge >= 0.3 is 5.97 Å². The first-order valence-corrected chi connectivity index (χ1v) is 6.89. The van der Waals surface area contributed by atoms with Crippen molar-refractivity contribution in [1.82, 2.24) is 9.31 Å². The van der Waals surface area contributed by atoms with Gasteiger partial charge in [-0.2, -0.15) is 0 Å². The summed E-state index contributed by atoms with van der Waals surface area (Å²) in [6, 6.07) is 0. The van der Waals surface area contributed by atoms with Crippen molar-refractivity contribution in [2.24, 2.45) is 0 Å². The van der Waals surface area contributed by atoms with Gasteiger partial charge in [0.15, 0.2) is 10.6 Å². The van der Waals surface area contributed by atoms with E-state index in [4.69, 9.17) is 4.74 Å². The van der Waals surface area contributed by atoms with Crippen LogP contribution >= 0.6 is 20.1 Å². The molecule has 0 spiro atoms. The molecule has 0 amide bonds. The fourth-order valence-corrected chi connectivity index (χ4v) is 3.30. The third-order valence-electron chi connectivity index (χ3n) is 2.18. The molecular weight excluding hydrogens is 231 g/mol. The van der Waals surface area contributed by atoms with Gasteiger partial charge in [-0.1, -0.05) is 25.1 Å². The van der Waals surface area contributed by atoms with E-state index >= 15 is 0 Å². The summed E-state index contributed by atoms with van der Waals surface area (Å²) in [5.74, 6) is 0.812. The number of ether oxygens (including phenoxy) is 1. The van der Waals surface area contributed by atoms with Crippen LogP contribution in [0, 0.1) is 0 Å². The van der Waals surface area contributed by atoms with E-state index in [1.54, 1.807) is 11.8 Å². The van der Waals surface area contributed by atoms with Crippen LogP contribution in [-0.4, -0.2) is 27.6 Å². The van der Waals surface area contributed by atoms with Gasteiger partial charge in [0.1, 0.15) is 0 Å². The molecule has 15 heavy (non-hydrogen) atoms. The van der Waals surface area contributed by atoms with Crippen LogP contribution in [0.2, 0.25) is 0 Å². The fraction of sp³-hybridized carbons (Fsp3) is 0.667. The second kappa shape index (κ2) is 4.99. The lowest BCUT2D eigenvalue weighted by Crippen LogP contribution is -2.11. The second-order valence-corrected chi connectivity index (χ2v) is 5.18. The Balaban J connectivity index is 2.00. The molecule has 0 saturated heterocycles. The number of rotatable bonds is 4. The predicted octanol–water partition coefficient (Wildman–Crippen LogP) is 2.53. The molecule has 0 atom stereocenters. The normalized spacial score (nSPS) is 14.5. The minimum absolute atomic E-state index is 0.202. The highest BCUT2D eigenvalue weighted by atomic mass is 32.2. The van der Waals surface area contributed by atoms with Crippen molar-refractivity contribution in [3.05, 3.63) is 5.43 Å². The highest BCUT2D eigenvalue weighted by Crippen LogP contribution is 2.30. The molecule has 0 unspecified atom stereocenters. The number of hydrogen-bond donors (Lipinski definition) is 0. The molecule has 0 bridgehead atoms. The lowest BCUT2D eigenvalue weighted by atomic mass is 10.4. The van der Waals surface area contributed by atoms with Crippen molar-refractivity contribution in [3.8, 4) is 0 Å². The molecule has 2 rings (SSSR count). The van der Waals surface area contributed by atoms with Gasteiger partial charge in [0.05, 0.1) is 15.0 Å². The van der Waals surface area contributed by atoms with Crippen LogP contribution in [0.4, 0.5) is 0 Å². The molecule has 1 aliphatic rings. The zero-order valence-corrected chi connectivity index (χ0v) is 10.3. The summed E-state index contributed by atoms with van der Waals surface area (Å²) >= 11 is 1.70. The number of nitrogens with zero attached hydrogens (tertiary/aromatic N) is 2. The Kier molecular flexibility index (Phi) is 3.65. The van der Waals surface area contributed by atoms with Crippen LogP contribution < -0.4 is 0 Å². The van der Waals surface area contributed by atoms with Crippen LogP contribution in [0.3, 0.4) is 0 Å². The molecule has 0 N–H and O–H groups in total. The van der Waals surface area contributed by atoms with Crippen LogP contribution in [-0.2, 0) is 11.3 Å². The Hall–Kier alpha value is -0.540. The third-order valence-corrected chi connectivity index (χ3v) is 4.17. The van der Waals surface area contributed by atoms with Crippen molar-refractivity contribution in [3.63, 3.8) is 0 Å². The molecule has 0 aromatic carbocycles. The van der Waals surface area contributed by atoms with Gasteiger partial charge in [0, 0.05) is 12.3 Å². The first-order chi connectivity index (χ1) is 7.33. The van der Waals surface area contributed by atoms with E-state index < -0.39 is 0 Å². The summed E-state index contributed by atoms with van der Waals surface area (Å²) < 4.78 is 11.4. The number of fused-ring (bicyclic) bond motifs is 1. The smallest absolute Gasteiger partial charge is 0.361 e. The maximum atomic E-state index is 11.7. The van der Waals surface area contributed by atoms with Crippen molar-refractivity contribution >= 4 is 26.1 Å². The topological polar surface area (TPSA) is 44.1 Å². The zero-order valence-electron chi connectivity index (χ0n) is 8.60. The monoisotopic (exact) mass is 244 g/mol. The number of carbonyl (C=O) groups excluding carboxylic acids is 1. The summed E-state index contributed by atoms with van der Waals surface area (Å²) in [6.07, 6.45) is 1.97. The molecule has 2 heterocycles. The van der Waals surface area contributed by atoms with Gasteiger partial charge in [0.25, 0.3) is 0 Å². The van der Waals surface area contributed by atoms with Crippen molar-refractivity contribution in [1.29, 1.82) is 0 Å². The first kappa shape index (κ1) is 11.0.